The summed E-state index contributed by atoms with van der Waals surface area (Å²) in [6.45, 7) is 0. The van der Waals surface area contributed by atoms with Crippen LogP contribution >= 0.6 is 23.4 Å². The van der Waals surface area contributed by atoms with E-state index in [1.54, 1.807) is 11.8 Å². The smallest absolute Gasteiger partial charge is 0.0841 e. The van der Waals surface area contributed by atoms with Crippen LogP contribution in [0.15, 0.2) is 70.6 Å². The second kappa shape index (κ2) is 5.01. The van der Waals surface area contributed by atoms with Crippen molar-refractivity contribution in [2.45, 2.75) is 9.79 Å². The van der Waals surface area contributed by atoms with Gasteiger partial charge in [0.25, 0.3) is 0 Å². The average Bonchev–Trinajstić information content (AvgIpc) is 2.42. The summed E-state index contributed by atoms with van der Waals surface area (Å²) < 4.78 is 0. The van der Waals surface area contributed by atoms with E-state index in [0.717, 1.165) is 25.7 Å². The number of pyridine rings is 1. The lowest BCUT2D eigenvalue weighted by Gasteiger charge is -2.06. The molecule has 1 heterocycles. The van der Waals surface area contributed by atoms with Crippen LogP contribution in [-0.2, 0) is 0 Å². The molecule has 0 spiro atoms. The van der Waals surface area contributed by atoms with Crippen LogP contribution in [0.4, 0.5) is 0 Å². The van der Waals surface area contributed by atoms with E-state index in [1.165, 1.54) is 0 Å². The van der Waals surface area contributed by atoms with Gasteiger partial charge in [0.2, 0.25) is 0 Å². The molecule has 0 N–H and O–H groups in total. The molecule has 1 aromatic heterocycles. The SMILES string of the molecule is Clc1ccccc1Sc1cccc2cccnc12. The van der Waals surface area contributed by atoms with Gasteiger partial charge in [0.15, 0.2) is 0 Å². The summed E-state index contributed by atoms with van der Waals surface area (Å²) in [7, 11) is 0. The summed E-state index contributed by atoms with van der Waals surface area (Å²) in [5.74, 6) is 0. The Morgan fingerprint density at radius 1 is 0.833 bits per heavy atom. The van der Waals surface area contributed by atoms with Gasteiger partial charge in [-0.2, -0.15) is 0 Å². The molecule has 0 aliphatic rings. The topological polar surface area (TPSA) is 12.9 Å². The molecule has 0 unspecified atom stereocenters. The van der Waals surface area contributed by atoms with Crippen molar-refractivity contribution in [3.05, 3.63) is 65.8 Å². The first-order valence-corrected chi connectivity index (χ1v) is 6.80. The molecule has 3 aromatic rings. The maximum Gasteiger partial charge on any atom is 0.0841 e. The Balaban J connectivity index is 2.08. The lowest BCUT2D eigenvalue weighted by atomic mass is 10.2. The Hall–Kier alpha value is -1.51. The van der Waals surface area contributed by atoms with Crippen molar-refractivity contribution in [3.8, 4) is 0 Å². The van der Waals surface area contributed by atoms with E-state index in [2.05, 4.69) is 23.2 Å². The molecule has 0 radical (unpaired) electrons. The largest absolute Gasteiger partial charge is 0.255 e. The number of hydrogen-bond donors (Lipinski definition) is 0. The minimum atomic E-state index is 0.774. The van der Waals surface area contributed by atoms with Gasteiger partial charge >= 0.3 is 0 Å². The first-order chi connectivity index (χ1) is 8.84. The Morgan fingerprint density at radius 3 is 2.50 bits per heavy atom. The van der Waals surface area contributed by atoms with Crippen LogP contribution in [0, 0.1) is 0 Å². The highest BCUT2D eigenvalue weighted by Gasteiger charge is 2.06. The number of benzene rings is 2. The maximum atomic E-state index is 6.18. The third-order valence-electron chi connectivity index (χ3n) is 2.65. The van der Waals surface area contributed by atoms with Gasteiger partial charge in [0.1, 0.15) is 0 Å². The molecule has 3 heteroatoms. The van der Waals surface area contributed by atoms with Gasteiger partial charge < -0.3 is 0 Å². The number of rotatable bonds is 2. The van der Waals surface area contributed by atoms with E-state index >= 15 is 0 Å². The number of fused-ring (bicyclic) bond motifs is 1. The molecule has 0 saturated heterocycles. The van der Waals surface area contributed by atoms with E-state index in [4.69, 9.17) is 11.6 Å². The molecule has 1 nitrogen and oxygen atoms in total. The molecule has 88 valence electrons. The fourth-order valence-electron chi connectivity index (χ4n) is 1.80. The average molecular weight is 272 g/mol. The van der Waals surface area contributed by atoms with Crippen molar-refractivity contribution < 1.29 is 0 Å². The van der Waals surface area contributed by atoms with Gasteiger partial charge in [-0.05, 0) is 24.3 Å². The second-order valence-corrected chi connectivity index (χ2v) is 5.35. The lowest BCUT2D eigenvalue weighted by Crippen LogP contribution is -1.82. The predicted octanol–water partition coefficient (Wildman–Crippen LogP) is 5.04. The van der Waals surface area contributed by atoms with E-state index in [1.807, 2.05) is 42.6 Å². The number of para-hydroxylation sites is 1. The molecule has 0 aliphatic carbocycles. The third-order valence-corrected chi connectivity index (χ3v) is 4.22. The molecule has 0 bridgehead atoms. The molecule has 18 heavy (non-hydrogen) atoms. The van der Waals surface area contributed by atoms with Gasteiger partial charge in [-0.25, -0.2) is 0 Å². The molecule has 2 aromatic carbocycles. The monoisotopic (exact) mass is 271 g/mol. The summed E-state index contributed by atoms with van der Waals surface area (Å²) in [5.41, 5.74) is 1.02. The first-order valence-electron chi connectivity index (χ1n) is 5.61. The van der Waals surface area contributed by atoms with Crippen LogP contribution < -0.4 is 0 Å². The van der Waals surface area contributed by atoms with Crippen molar-refractivity contribution in [3.63, 3.8) is 0 Å². The molecule has 0 fully saturated rings. The summed E-state index contributed by atoms with van der Waals surface area (Å²) in [6, 6.07) is 18.1. The van der Waals surface area contributed by atoms with Crippen LogP contribution in [0.3, 0.4) is 0 Å². The maximum absolute atomic E-state index is 6.18. The minimum Gasteiger partial charge on any atom is -0.255 e. The van der Waals surface area contributed by atoms with Crippen molar-refractivity contribution >= 4 is 34.3 Å². The molecule has 0 atom stereocenters. The minimum absolute atomic E-state index is 0.774. The zero-order valence-corrected chi connectivity index (χ0v) is 11.1. The molecule has 0 saturated carbocycles. The number of hydrogen-bond acceptors (Lipinski definition) is 2. The Bertz CT molecular complexity index is 691. The standard InChI is InChI=1S/C15H10ClNS/c16-12-7-1-2-8-13(12)18-14-9-3-5-11-6-4-10-17-15(11)14/h1-10H. The van der Waals surface area contributed by atoms with E-state index in [0.29, 0.717) is 0 Å². The zero-order chi connectivity index (χ0) is 12.4. The Labute approximate surface area is 115 Å². The van der Waals surface area contributed by atoms with Crippen molar-refractivity contribution in [1.29, 1.82) is 0 Å². The molecule has 0 amide bonds. The van der Waals surface area contributed by atoms with Gasteiger partial charge in [-0.1, -0.05) is 53.7 Å². The highest BCUT2D eigenvalue weighted by atomic mass is 35.5. The van der Waals surface area contributed by atoms with Gasteiger partial charge in [-0.3, -0.25) is 4.98 Å². The molecule has 3 rings (SSSR count). The normalized spacial score (nSPS) is 10.7. The number of halogens is 1. The highest BCUT2D eigenvalue weighted by Crippen LogP contribution is 2.35. The first kappa shape index (κ1) is 11.6. The Kier molecular flexibility index (Phi) is 3.22. The van der Waals surface area contributed by atoms with Crippen molar-refractivity contribution in [2.75, 3.05) is 0 Å². The van der Waals surface area contributed by atoms with Gasteiger partial charge in [-0.15, -0.1) is 0 Å². The number of aromatic nitrogens is 1. The van der Waals surface area contributed by atoms with Crippen LogP contribution in [0.25, 0.3) is 10.9 Å². The summed E-state index contributed by atoms with van der Waals surface area (Å²) in [6.07, 6.45) is 1.82. The predicted molar refractivity (Wildman–Crippen MR) is 77.3 cm³/mol. The fourth-order valence-corrected chi connectivity index (χ4v) is 3.02. The zero-order valence-electron chi connectivity index (χ0n) is 9.51. The van der Waals surface area contributed by atoms with Crippen molar-refractivity contribution in [1.82, 2.24) is 4.98 Å². The van der Waals surface area contributed by atoms with Crippen molar-refractivity contribution in [2.24, 2.45) is 0 Å². The van der Waals surface area contributed by atoms with Crippen LogP contribution in [0.2, 0.25) is 5.02 Å². The molecular weight excluding hydrogens is 262 g/mol. The summed E-state index contributed by atoms with van der Waals surface area (Å²) in [4.78, 5) is 6.62. The molecular formula is C15H10ClNS. The second-order valence-electron chi connectivity index (χ2n) is 3.86. The van der Waals surface area contributed by atoms with E-state index in [9.17, 15) is 0 Å². The van der Waals surface area contributed by atoms with Gasteiger partial charge in [0, 0.05) is 21.4 Å². The summed E-state index contributed by atoms with van der Waals surface area (Å²) in [5, 5.41) is 1.92. The van der Waals surface area contributed by atoms with Crippen LogP contribution in [-0.4, -0.2) is 4.98 Å². The fraction of sp³-hybridized carbons (Fsp3) is 0. The molecule has 0 aliphatic heterocycles. The Morgan fingerprint density at radius 2 is 1.61 bits per heavy atom. The summed E-state index contributed by atoms with van der Waals surface area (Å²) >= 11 is 7.83. The third kappa shape index (κ3) is 2.22. The lowest BCUT2D eigenvalue weighted by molar-refractivity contribution is 1.34. The quantitative estimate of drug-likeness (QED) is 0.648. The van der Waals surface area contributed by atoms with Crippen LogP contribution in [0.5, 0.6) is 0 Å². The van der Waals surface area contributed by atoms with Crippen LogP contribution in [0.1, 0.15) is 0 Å². The van der Waals surface area contributed by atoms with Gasteiger partial charge in [0.05, 0.1) is 10.5 Å². The number of nitrogens with zero attached hydrogens (tertiary/aromatic N) is 1. The van der Waals surface area contributed by atoms with E-state index in [-0.39, 0.29) is 0 Å². The van der Waals surface area contributed by atoms with E-state index < -0.39 is 0 Å². The highest BCUT2D eigenvalue weighted by molar-refractivity contribution is 7.99.